The van der Waals surface area contributed by atoms with Crippen LogP contribution in [0.4, 0.5) is 15.8 Å². The second-order valence-electron chi connectivity index (χ2n) is 7.05. The Balaban J connectivity index is 1.64. The van der Waals surface area contributed by atoms with Gasteiger partial charge < -0.3 is 10.6 Å². The van der Waals surface area contributed by atoms with Crippen molar-refractivity contribution in [3.63, 3.8) is 0 Å². The predicted molar refractivity (Wildman–Crippen MR) is 131 cm³/mol. The van der Waals surface area contributed by atoms with Crippen LogP contribution >= 0.6 is 34.8 Å². The van der Waals surface area contributed by atoms with E-state index in [9.17, 15) is 18.8 Å². The zero-order chi connectivity index (χ0) is 24.4. The molecule has 4 rings (SSSR count). The Kier molecular flexibility index (Phi) is 6.74. The Hall–Kier alpha value is -3.59. The molecule has 0 bridgehead atoms. The Morgan fingerprint density at radius 3 is 2.26 bits per heavy atom. The number of nitrogens with one attached hydrogen (secondary N) is 3. The van der Waals surface area contributed by atoms with Crippen molar-refractivity contribution in [1.29, 1.82) is 0 Å². The molecule has 0 saturated heterocycles. The minimum Gasteiger partial charge on any atom is -0.319 e. The molecule has 1 aromatic heterocycles. The third-order valence-electron chi connectivity index (χ3n) is 4.68. The van der Waals surface area contributed by atoms with E-state index in [1.165, 1.54) is 36.4 Å². The fourth-order valence-electron chi connectivity index (χ4n) is 3.16. The van der Waals surface area contributed by atoms with Crippen molar-refractivity contribution in [2.24, 2.45) is 0 Å². The predicted octanol–water partition coefficient (Wildman–Crippen LogP) is 5.70. The van der Waals surface area contributed by atoms with Gasteiger partial charge in [0, 0.05) is 21.1 Å². The number of hydrogen-bond donors (Lipinski definition) is 3. The summed E-state index contributed by atoms with van der Waals surface area (Å²) in [5.74, 6) is -3.35. The van der Waals surface area contributed by atoms with Crippen LogP contribution in [0, 0.1) is 5.82 Å². The van der Waals surface area contributed by atoms with Crippen LogP contribution in [-0.2, 0) is 9.59 Å². The average Bonchev–Trinajstić information content (AvgIpc) is 3.13. The molecule has 3 N–H and O–H groups in total. The summed E-state index contributed by atoms with van der Waals surface area (Å²) < 4.78 is 14.5. The lowest BCUT2D eigenvalue weighted by Crippen LogP contribution is -2.36. The van der Waals surface area contributed by atoms with E-state index in [1.54, 1.807) is 24.3 Å². The molecule has 172 valence electrons. The molecule has 0 spiro atoms. The van der Waals surface area contributed by atoms with Crippen LogP contribution in [0.3, 0.4) is 0 Å². The van der Waals surface area contributed by atoms with Gasteiger partial charge in [-0.3, -0.25) is 19.8 Å². The summed E-state index contributed by atoms with van der Waals surface area (Å²) in [6.45, 7) is 0. The molecular formula is C23H14Cl3FN4O3. The maximum atomic E-state index is 13.4. The lowest BCUT2D eigenvalue weighted by atomic mass is 10.2. The molecule has 11 heteroatoms. The molecule has 34 heavy (non-hydrogen) atoms. The Bertz CT molecular complexity index is 1450. The number of halogens is 4. The average molecular weight is 520 g/mol. The minimum absolute atomic E-state index is 0.00445. The largest absolute Gasteiger partial charge is 0.328 e. The summed E-state index contributed by atoms with van der Waals surface area (Å²) in [6, 6.07) is 15.8. The molecule has 0 aliphatic rings. The molecule has 0 aliphatic carbocycles. The Labute approximate surface area is 207 Å². The van der Waals surface area contributed by atoms with Crippen LogP contribution < -0.4 is 16.1 Å². The number of carbonyl (C=O) groups is 3. The first-order valence-corrected chi connectivity index (χ1v) is 10.8. The van der Waals surface area contributed by atoms with Gasteiger partial charge in [0.1, 0.15) is 11.5 Å². The number of aromatic nitrogens is 1. The number of carbonyl (C=O) groups excluding carboxylic acids is 3. The highest BCUT2D eigenvalue weighted by atomic mass is 35.5. The molecule has 4 aromatic rings. The van der Waals surface area contributed by atoms with Crippen molar-refractivity contribution in [1.82, 2.24) is 4.68 Å². The van der Waals surface area contributed by atoms with Gasteiger partial charge in [-0.15, -0.1) is 0 Å². The maximum absolute atomic E-state index is 13.4. The minimum atomic E-state index is -1.09. The van der Waals surface area contributed by atoms with E-state index in [-0.39, 0.29) is 16.4 Å². The summed E-state index contributed by atoms with van der Waals surface area (Å²) in [6.07, 6.45) is 0. The molecule has 1 heterocycles. The normalized spacial score (nSPS) is 10.7. The van der Waals surface area contributed by atoms with Gasteiger partial charge in [-0.2, -0.15) is 0 Å². The van der Waals surface area contributed by atoms with Crippen molar-refractivity contribution in [3.05, 3.63) is 93.3 Å². The van der Waals surface area contributed by atoms with E-state index in [1.807, 2.05) is 0 Å². The third kappa shape index (κ3) is 5.14. The molecule has 0 unspecified atom stereocenters. The van der Waals surface area contributed by atoms with Crippen LogP contribution in [0.25, 0.3) is 10.9 Å². The van der Waals surface area contributed by atoms with E-state index < -0.39 is 23.5 Å². The van der Waals surface area contributed by atoms with Gasteiger partial charge in [-0.1, -0.05) is 40.9 Å². The number of anilines is 2. The summed E-state index contributed by atoms with van der Waals surface area (Å²) in [5.41, 5.74) is 3.18. The van der Waals surface area contributed by atoms with Gasteiger partial charge >= 0.3 is 11.8 Å². The second kappa shape index (κ2) is 9.72. The molecule has 7 nitrogen and oxygen atoms in total. The topological polar surface area (TPSA) is 92.2 Å². The maximum Gasteiger partial charge on any atom is 0.328 e. The fraction of sp³-hybridized carbons (Fsp3) is 0. The lowest BCUT2D eigenvalue weighted by molar-refractivity contribution is -0.133. The zero-order valence-electron chi connectivity index (χ0n) is 17.0. The molecule has 0 atom stereocenters. The smallest absolute Gasteiger partial charge is 0.319 e. The van der Waals surface area contributed by atoms with Crippen LogP contribution in [-0.4, -0.2) is 22.4 Å². The summed E-state index contributed by atoms with van der Waals surface area (Å²) in [5, 5.41) is 6.49. The number of nitrogens with zero attached hydrogens (tertiary/aromatic N) is 1. The van der Waals surface area contributed by atoms with Crippen LogP contribution in [0.5, 0.6) is 0 Å². The molecular weight excluding hydrogens is 506 g/mol. The first-order valence-electron chi connectivity index (χ1n) is 9.66. The van der Waals surface area contributed by atoms with Gasteiger partial charge in [0.05, 0.1) is 16.2 Å². The first-order chi connectivity index (χ1) is 16.2. The van der Waals surface area contributed by atoms with E-state index in [4.69, 9.17) is 34.8 Å². The molecule has 3 aromatic carbocycles. The monoisotopic (exact) mass is 518 g/mol. The number of amides is 3. The van der Waals surface area contributed by atoms with Crippen LogP contribution in [0.1, 0.15) is 10.5 Å². The Morgan fingerprint density at radius 1 is 0.794 bits per heavy atom. The molecule has 0 radical (unpaired) electrons. The molecule has 0 saturated carbocycles. The van der Waals surface area contributed by atoms with Gasteiger partial charge in [-0.05, 0) is 60.7 Å². The highest BCUT2D eigenvalue weighted by Crippen LogP contribution is 2.27. The van der Waals surface area contributed by atoms with Crippen molar-refractivity contribution in [3.8, 4) is 0 Å². The number of hydrogen-bond acceptors (Lipinski definition) is 3. The number of rotatable bonds is 4. The molecule has 3 amide bonds. The van der Waals surface area contributed by atoms with Crippen molar-refractivity contribution in [2.45, 2.75) is 0 Å². The van der Waals surface area contributed by atoms with Crippen molar-refractivity contribution in [2.75, 3.05) is 16.1 Å². The first kappa shape index (κ1) is 23.6. The van der Waals surface area contributed by atoms with Crippen LogP contribution in [0.2, 0.25) is 15.1 Å². The van der Waals surface area contributed by atoms with Crippen molar-refractivity contribution >= 4 is 74.8 Å². The quantitative estimate of drug-likeness (QED) is 0.302. The fourth-order valence-corrected chi connectivity index (χ4v) is 3.79. The standard InChI is InChI=1S/C23H14Cl3FN4O3/c24-13-5-7-19-12(8-13)9-20(21(32)29-18-6-4-14(25)10-17(18)26)31(19)30-23(34)22(33)28-16-3-1-2-15(27)11-16/h1-11H,(H,28,33)(H,29,32)(H,30,34). The van der Waals surface area contributed by atoms with Gasteiger partial charge in [0.15, 0.2) is 0 Å². The summed E-state index contributed by atoms with van der Waals surface area (Å²) in [4.78, 5) is 38.0. The van der Waals surface area contributed by atoms with Gasteiger partial charge in [0.25, 0.3) is 5.91 Å². The Morgan fingerprint density at radius 2 is 1.53 bits per heavy atom. The number of benzene rings is 3. The number of fused-ring (bicyclic) bond motifs is 1. The van der Waals surface area contributed by atoms with Gasteiger partial charge in [-0.25, -0.2) is 9.07 Å². The zero-order valence-corrected chi connectivity index (χ0v) is 19.3. The summed E-state index contributed by atoms with van der Waals surface area (Å²) in [7, 11) is 0. The summed E-state index contributed by atoms with van der Waals surface area (Å²) >= 11 is 18.1. The second-order valence-corrected chi connectivity index (χ2v) is 8.33. The molecule has 0 fully saturated rings. The van der Waals surface area contributed by atoms with E-state index >= 15 is 0 Å². The van der Waals surface area contributed by atoms with Crippen molar-refractivity contribution < 1.29 is 18.8 Å². The lowest BCUT2D eigenvalue weighted by Gasteiger charge is -2.13. The van der Waals surface area contributed by atoms with E-state index in [0.717, 1.165) is 10.7 Å². The van der Waals surface area contributed by atoms with Crippen LogP contribution in [0.15, 0.2) is 66.7 Å². The van der Waals surface area contributed by atoms with E-state index in [0.29, 0.717) is 26.6 Å². The third-order valence-corrected chi connectivity index (χ3v) is 5.46. The molecule has 0 aliphatic heterocycles. The highest BCUT2D eigenvalue weighted by Gasteiger charge is 2.22. The van der Waals surface area contributed by atoms with E-state index in [2.05, 4.69) is 16.1 Å². The van der Waals surface area contributed by atoms with Gasteiger partial charge in [0.2, 0.25) is 0 Å². The SMILES string of the molecule is O=C(Nc1cccc(F)c1)C(=O)Nn1c(C(=O)Nc2ccc(Cl)cc2Cl)cc2cc(Cl)ccc21. The highest BCUT2D eigenvalue weighted by molar-refractivity contribution is 6.42.